The first-order valence-corrected chi connectivity index (χ1v) is 4.09. The molecule has 6 heteroatoms. The molecular formula is C7H6Cl2N2O2. The van der Waals surface area contributed by atoms with Gasteiger partial charge in [0.05, 0.1) is 0 Å². The molecule has 0 radical (unpaired) electrons. The maximum Gasteiger partial charge on any atom is 0.247 e. The topological polar surface area (TPSA) is 53.4 Å². The molecule has 1 heterocycles. The maximum absolute atomic E-state index is 10.7. The standard InChI is InChI=1S/C7H6Cl2N2O2/c1-4(12)11(13)5-2-3-6(8)10-7(5)9/h2-3,13H,1H3. The SMILES string of the molecule is CC(=O)N(O)c1ccc(Cl)nc1Cl. The van der Waals surface area contributed by atoms with E-state index >= 15 is 0 Å². The molecule has 0 aliphatic carbocycles. The molecule has 13 heavy (non-hydrogen) atoms. The highest BCUT2D eigenvalue weighted by Crippen LogP contribution is 2.24. The molecule has 0 saturated carbocycles. The average molecular weight is 221 g/mol. The molecule has 0 spiro atoms. The lowest BCUT2D eigenvalue weighted by Crippen LogP contribution is -2.24. The maximum atomic E-state index is 10.7. The van der Waals surface area contributed by atoms with Crippen LogP contribution in [0.25, 0.3) is 0 Å². The van der Waals surface area contributed by atoms with Crippen LogP contribution in [0.1, 0.15) is 6.92 Å². The van der Waals surface area contributed by atoms with Crippen LogP contribution in [0.15, 0.2) is 12.1 Å². The number of carbonyl (C=O) groups excluding carboxylic acids is 1. The summed E-state index contributed by atoms with van der Waals surface area (Å²) in [5, 5.41) is 9.77. The number of rotatable bonds is 1. The minimum Gasteiger partial charge on any atom is -0.281 e. The van der Waals surface area contributed by atoms with Crippen molar-refractivity contribution in [2.75, 3.05) is 5.06 Å². The van der Waals surface area contributed by atoms with Crippen molar-refractivity contribution >= 4 is 34.8 Å². The van der Waals surface area contributed by atoms with Crippen LogP contribution in [0.5, 0.6) is 0 Å². The average Bonchev–Trinajstić information content (AvgIpc) is 2.03. The van der Waals surface area contributed by atoms with Crippen LogP contribution in [-0.4, -0.2) is 16.1 Å². The molecule has 0 saturated heterocycles. The van der Waals surface area contributed by atoms with Crippen molar-refractivity contribution in [1.82, 2.24) is 4.98 Å². The van der Waals surface area contributed by atoms with E-state index in [1.54, 1.807) is 0 Å². The Bertz CT molecular complexity index is 343. The zero-order chi connectivity index (χ0) is 10.0. The van der Waals surface area contributed by atoms with Gasteiger partial charge in [-0.2, -0.15) is 5.06 Å². The van der Waals surface area contributed by atoms with Gasteiger partial charge in [-0.3, -0.25) is 10.0 Å². The fourth-order valence-corrected chi connectivity index (χ4v) is 1.16. The van der Waals surface area contributed by atoms with Crippen molar-refractivity contribution in [2.45, 2.75) is 6.92 Å². The Morgan fingerprint density at radius 1 is 1.54 bits per heavy atom. The molecule has 1 amide bonds. The molecule has 4 nitrogen and oxygen atoms in total. The number of anilines is 1. The molecule has 1 aromatic rings. The van der Waals surface area contributed by atoms with Crippen LogP contribution >= 0.6 is 23.2 Å². The molecule has 1 N–H and O–H groups in total. The number of hydroxylamine groups is 1. The molecule has 1 rings (SSSR count). The van der Waals surface area contributed by atoms with E-state index in [1.165, 1.54) is 19.1 Å². The Hall–Kier alpha value is -0.840. The van der Waals surface area contributed by atoms with Gasteiger partial charge < -0.3 is 0 Å². The second-order valence-corrected chi connectivity index (χ2v) is 3.02. The summed E-state index contributed by atoms with van der Waals surface area (Å²) in [5.74, 6) is -0.550. The minimum absolute atomic E-state index is 0.0230. The van der Waals surface area contributed by atoms with E-state index < -0.39 is 5.91 Å². The van der Waals surface area contributed by atoms with E-state index in [0.717, 1.165) is 0 Å². The van der Waals surface area contributed by atoms with Crippen LogP contribution in [-0.2, 0) is 4.79 Å². The molecule has 0 aliphatic rings. The molecule has 70 valence electrons. The fraction of sp³-hybridized carbons (Fsp3) is 0.143. The van der Waals surface area contributed by atoms with Crippen LogP contribution in [0.4, 0.5) is 5.69 Å². The molecule has 0 aromatic carbocycles. The van der Waals surface area contributed by atoms with E-state index in [1.807, 2.05) is 0 Å². The second-order valence-electron chi connectivity index (χ2n) is 2.27. The summed E-state index contributed by atoms with van der Waals surface area (Å²) < 4.78 is 0. The van der Waals surface area contributed by atoms with Gasteiger partial charge in [-0.1, -0.05) is 23.2 Å². The highest BCUT2D eigenvalue weighted by Gasteiger charge is 2.12. The Morgan fingerprint density at radius 3 is 2.62 bits per heavy atom. The third kappa shape index (κ3) is 2.30. The summed E-state index contributed by atoms with van der Waals surface area (Å²) in [6.07, 6.45) is 0. The van der Waals surface area contributed by atoms with Crippen molar-refractivity contribution in [1.29, 1.82) is 0 Å². The zero-order valence-corrected chi connectivity index (χ0v) is 8.17. The normalized spacial score (nSPS) is 9.85. The van der Waals surface area contributed by atoms with E-state index in [4.69, 9.17) is 23.2 Å². The summed E-state index contributed by atoms with van der Waals surface area (Å²) >= 11 is 11.1. The lowest BCUT2D eigenvalue weighted by Gasteiger charge is -2.12. The van der Waals surface area contributed by atoms with Gasteiger partial charge in [0.2, 0.25) is 5.91 Å². The quantitative estimate of drug-likeness (QED) is 0.449. The molecule has 0 aliphatic heterocycles. The lowest BCUT2D eigenvalue weighted by molar-refractivity contribution is -0.121. The number of hydrogen-bond acceptors (Lipinski definition) is 3. The summed E-state index contributed by atoms with van der Waals surface area (Å²) in [6, 6.07) is 2.83. The van der Waals surface area contributed by atoms with Gasteiger partial charge in [-0.15, -0.1) is 0 Å². The van der Waals surface area contributed by atoms with Gasteiger partial charge in [0, 0.05) is 6.92 Å². The van der Waals surface area contributed by atoms with Crippen molar-refractivity contribution in [3.63, 3.8) is 0 Å². The number of nitrogens with zero attached hydrogens (tertiary/aromatic N) is 2. The highest BCUT2D eigenvalue weighted by molar-refractivity contribution is 6.34. The van der Waals surface area contributed by atoms with E-state index in [-0.39, 0.29) is 16.0 Å². The molecule has 1 aromatic heterocycles. The first-order valence-electron chi connectivity index (χ1n) is 3.34. The summed E-state index contributed by atoms with van der Waals surface area (Å²) in [4.78, 5) is 14.4. The number of hydrogen-bond donors (Lipinski definition) is 1. The molecule has 0 bridgehead atoms. The zero-order valence-electron chi connectivity index (χ0n) is 6.66. The number of pyridine rings is 1. The van der Waals surface area contributed by atoms with Crippen molar-refractivity contribution in [3.8, 4) is 0 Å². The van der Waals surface area contributed by atoms with Crippen molar-refractivity contribution in [2.24, 2.45) is 0 Å². The summed E-state index contributed by atoms with van der Waals surface area (Å²) in [7, 11) is 0. The lowest BCUT2D eigenvalue weighted by atomic mass is 10.4. The predicted octanol–water partition coefficient (Wildman–Crippen LogP) is 2.13. The Labute approximate surface area is 84.7 Å². The number of aromatic nitrogens is 1. The molecule has 0 unspecified atom stereocenters. The summed E-state index contributed by atoms with van der Waals surface area (Å²) in [6.45, 7) is 1.20. The predicted molar refractivity (Wildman–Crippen MR) is 49.2 cm³/mol. The van der Waals surface area contributed by atoms with Crippen LogP contribution in [0, 0.1) is 0 Å². The minimum atomic E-state index is -0.550. The molecule has 0 fully saturated rings. The monoisotopic (exact) mass is 220 g/mol. The number of carbonyl (C=O) groups is 1. The Balaban J connectivity index is 3.08. The van der Waals surface area contributed by atoms with Gasteiger partial charge >= 0.3 is 0 Å². The van der Waals surface area contributed by atoms with Gasteiger partial charge in [-0.25, -0.2) is 4.98 Å². The van der Waals surface area contributed by atoms with Crippen molar-refractivity contribution in [3.05, 3.63) is 22.4 Å². The van der Waals surface area contributed by atoms with Gasteiger partial charge in [0.15, 0.2) is 5.15 Å². The fourth-order valence-electron chi connectivity index (χ4n) is 0.732. The second kappa shape index (κ2) is 3.91. The van der Waals surface area contributed by atoms with Crippen LogP contribution in [0.3, 0.4) is 0 Å². The van der Waals surface area contributed by atoms with E-state index in [0.29, 0.717) is 5.06 Å². The number of amides is 1. The van der Waals surface area contributed by atoms with Crippen molar-refractivity contribution < 1.29 is 10.0 Å². The van der Waals surface area contributed by atoms with E-state index in [9.17, 15) is 10.0 Å². The third-order valence-electron chi connectivity index (χ3n) is 1.32. The first-order chi connectivity index (χ1) is 6.02. The van der Waals surface area contributed by atoms with Crippen LogP contribution in [0.2, 0.25) is 10.3 Å². The largest absolute Gasteiger partial charge is 0.281 e. The van der Waals surface area contributed by atoms with Gasteiger partial charge in [-0.05, 0) is 12.1 Å². The smallest absolute Gasteiger partial charge is 0.247 e. The van der Waals surface area contributed by atoms with Gasteiger partial charge in [0.25, 0.3) is 0 Å². The molecular weight excluding hydrogens is 215 g/mol. The highest BCUT2D eigenvalue weighted by atomic mass is 35.5. The third-order valence-corrected chi connectivity index (χ3v) is 1.81. The number of halogens is 2. The van der Waals surface area contributed by atoms with Crippen LogP contribution < -0.4 is 5.06 Å². The summed E-state index contributed by atoms with van der Waals surface area (Å²) in [5.41, 5.74) is 0.110. The molecule has 0 atom stereocenters. The Kier molecular flexibility index (Phi) is 3.08. The first kappa shape index (κ1) is 10.2. The van der Waals surface area contributed by atoms with E-state index in [2.05, 4.69) is 4.98 Å². The Morgan fingerprint density at radius 2 is 2.15 bits per heavy atom. The van der Waals surface area contributed by atoms with Gasteiger partial charge in [0.1, 0.15) is 10.8 Å².